The molecule has 10 heteroatoms. The molecule has 1 aliphatic heterocycles. The lowest BCUT2D eigenvalue weighted by molar-refractivity contribution is -0.150. The Labute approximate surface area is 338 Å². The van der Waals surface area contributed by atoms with E-state index in [2.05, 4.69) is 98.1 Å². The lowest BCUT2D eigenvalue weighted by Gasteiger charge is -2.37. The van der Waals surface area contributed by atoms with Gasteiger partial charge in [0.1, 0.15) is 5.82 Å². The molecule has 2 aromatic carbocycles. The van der Waals surface area contributed by atoms with Gasteiger partial charge >= 0.3 is 5.97 Å². The quantitative estimate of drug-likeness (QED) is 0.0319. The van der Waals surface area contributed by atoms with Crippen molar-refractivity contribution in [2.45, 2.75) is 96.6 Å². The number of unbranched alkanes of at least 4 members (excludes halogenated alkanes) is 3. The van der Waals surface area contributed by atoms with Crippen molar-refractivity contribution in [3.8, 4) is 5.88 Å². The van der Waals surface area contributed by atoms with Crippen molar-refractivity contribution >= 4 is 28.9 Å². The van der Waals surface area contributed by atoms with Gasteiger partial charge in [-0.3, -0.25) is 4.79 Å². The summed E-state index contributed by atoms with van der Waals surface area (Å²) in [4.78, 5) is 30.8. The number of ether oxygens (including phenoxy) is 2. The number of nitrogens with zero attached hydrogens (tertiary/aromatic N) is 6. The summed E-state index contributed by atoms with van der Waals surface area (Å²) in [7, 11) is 2.00. The van der Waals surface area contributed by atoms with Crippen molar-refractivity contribution in [1.29, 1.82) is 0 Å². The van der Waals surface area contributed by atoms with Crippen molar-refractivity contribution in [3.05, 3.63) is 133 Å². The number of halogens is 1. The van der Waals surface area contributed by atoms with Crippen LogP contribution >= 0.6 is 0 Å². The van der Waals surface area contributed by atoms with Crippen molar-refractivity contribution < 1.29 is 18.7 Å². The summed E-state index contributed by atoms with van der Waals surface area (Å²) < 4.78 is 26.8. The molecule has 57 heavy (non-hydrogen) atoms. The molecule has 0 N–H and O–H groups in total. The van der Waals surface area contributed by atoms with Gasteiger partial charge in [-0.2, -0.15) is 4.98 Å². The Balaban J connectivity index is 0.946. The van der Waals surface area contributed by atoms with Crippen LogP contribution in [0.5, 0.6) is 5.88 Å². The highest BCUT2D eigenvalue weighted by molar-refractivity contribution is 5.79. The van der Waals surface area contributed by atoms with E-state index in [1.54, 1.807) is 12.3 Å². The van der Waals surface area contributed by atoms with Crippen molar-refractivity contribution in [2.24, 2.45) is 0 Å². The molecule has 2 aromatic heterocycles. The summed E-state index contributed by atoms with van der Waals surface area (Å²) in [6.45, 7) is 4.21. The molecule has 0 saturated carbocycles. The number of imidazole rings is 1. The van der Waals surface area contributed by atoms with Gasteiger partial charge in [-0.1, -0.05) is 98.4 Å². The number of carbonyl (C=O) groups is 1. The first-order valence-corrected chi connectivity index (χ1v) is 20.6. The monoisotopic (exact) mass is 774 g/mol. The normalized spacial score (nSPS) is 14.1. The summed E-state index contributed by atoms with van der Waals surface area (Å²) in [6, 6.07) is 16.7. The van der Waals surface area contributed by atoms with Crippen LogP contribution in [0.1, 0.15) is 89.5 Å². The topological polar surface area (TPSA) is 85.6 Å². The maximum atomic E-state index is 13.6. The number of aromatic nitrogens is 4. The summed E-state index contributed by atoms with van der Waals surface area (Å²) in [5, 5.41) is 0. The number of esters is 1. The van der Waals surface area contributed by atoms with Gasteiger partial charge in [0.05, 0.1) is 17.6 Å². The lowest BCUT2D eigenvalue weighted by atomic mass is 10.0. The van der Waals surface area contributed by atoms with Gasteiger partial charge in [-0.15, -0.1) is 0 Å². The zero-order valence-electron chi connectivity index (χ0n) is 33.7. The molecule has 0 bridgehead atoms. The summed E-state index contributed by atoms with van der Waals surface area (Å²) in [6.07, 6.45) is 34.7. The first-order chi connectivity index (χ1) is 28.0. The minimum Gasteiger partial charge on any atom is -0.440 e. The van der Waals surface area contributed by atoms with Crippen LogP contribution in [0.4, 0.5) is 16.3 Å². The summed E-state index contributed by atoms with van der Waals surface area (Å²) in [5.41, 5.74) is 3.02. The van der Waals surface area contributed by atoms with Gasteiger partial charge in [0.2, 0.25) is 24.6 Å². The van der Waals surface area contributed by atoms with Crippen molar-refractivity contribution in [3.63, 3.8) is 0 Å². The van der Waals surface area contributed by atoms with Gasteiger partial charge in [-0.25, -0.2) is 14.4 Å². The predicted octanol–water partition coefficient (Wildman–Crippen LogP) is 10.7. The Hall–Kier alpha value is -5.51. The number of allylic oxidation sites excluding steroid dienone is 10. The van der Waals surface area contributed by atoms with Gasteiger partial charge in [0.15, 0.2) is 0 Å². The Morgan fingerprint density at radius 1 is 0.825 bits per heavy atom. The first kappa shape index (κ1) is 42.6. The van der Waals surface area contributed by atoms with E-state index in [9.17, 15) is 9.18 Å². The molecule has 0 aliphatic carbocycles. The number of rotatable bonds is 23. The fraction of sp³-hybridized carbons (Fsp3) is 0.404. The number of anilines is 2. The molecule has 0 unspecified atom stereocenters. The molecule has 0 radical (unpaired) electrons. The number of carbonyl (C=O) groups excluding carboxylic acids is 1. The minimum absolute atomic E-state index is 0.184. The van der Waals surface area contributed by atoms with E-state index < -0.39 is 0 Å². The van der Waals surface area contributed by atoms with Crippen LogP contribution in [0, 0.1) is 5.82 Å². The van der Waals surface area contributed by atoms with Gasteiger partial charge in [0.25, 0.3) is 0 Å². The van der Waals surface area contributed by atoms with Gasteiger partial charge in [-0.05, 0) is 94.0 Å². The minimum atomic E-state index is -0.269. The average Bonchev–Trinajstić information content (AvgIpc) is 3.60. The number of para-hydroxylation sites is 2. The molecular weight excluding hydrogens is 716 g/mol. The third-order valence-corrected chi connectivity index (χ3v) is 9.95. The number of piperidine rings is 1. The third kappa shape index (κ3) is 14.5. The van der Waals surface area contributed by atoms with Crippen LogP contribution in [0.15, 0.2) is 122 Å². The molecule has 3 heterocycles. The second-order valence-corrected chi connectivity index (χ2v) is 14.2. The highest BCUT2D eigenvalue weighted by atomic mass is 19.1. The summed E-state index contributed by atoms with van der Waals surface area (Å²) >= 11 is 0. The van der Waals surface area contributed by atoms with E-state index in [1.165, 1.54) is 12.1 Å². The molecule has 1 fully saturated rings. The summed E-state index contributed by atoms with van der Waals surface area (Å²) in [5.74, 6) is 1.34. The Kier molecular flexibility index (Phi) is 18.1. The maximum absolute atomic E-state index is 13.6. The molecule has 0 spiro atoms. The van der Waals surface area contributed by atoms with Gasteiger partial charge < -0.3 is 23.8 Å². The smallest absolute Gasteiger partial charge is 0.308 e. The van der Waals surface area contributed by atoms with E-state index in [0.717, 1.165) is 106 Å². The Morgan fingerprint density at radius 3 is 2.19 bits per heavy atom. The van der Waals surface area contributed by atoms with E-state index >= 15 is 0 Å². The number of hydrogen-bond acceptors (Lipinski definition) is 8. The Bertz CT molecular complexity index is 1940. The molecule has 4 aromatic rings. The standard InChI is InChI=1S/C47H59FN6O3/c1-3-4-5-6-7-8-9-10-11-12-13-14-15-16-17-18-19-20-21-26-45(55)57-38-56-44-31-34-49-46(51-44)52(2)41-32-35-53(36-33-41)47-50-42-24-22-23-25-43(42)54(47)37-39-27-29-40(48)30-28-39/h4-5,7-8,10-11,13-14,16-17,22-25,27-31,34,41H,3,6,9,12,15,18-21,26,32-33,35-38H2,1-2H3/b5-4-,8-7-,11-10-,14-13-,17-16-. The van der Waals surface area contributed by atoms with Crippen LogP contribution in [-0.2, 0) is 16.1 Å². The van der Waals surface area contributed by atoms with E-state index in [1.807, 2.05) is 37.4 Å². The molecule has 5 rings (SSSR count). The third-order valence-electron chi connectivity index (χ3n) is 9.95. The predicted molar refractivity (Wildman–Crippen MR) is 230 cm³/mol. The molecule has 9 nitrogen and oxygen atoms in total. The molecule has 0 amide bonds. The van der Waals surface area contributed by atoms with E-state index in [0.29, 0.717) is 24.8 Å². The SMILES string of the molecule is CC/C=C\C/C=C\C/C=C\C/C=C\C/C=C\CCCCCC(=O)OCOc1ccnc(N(C)C2CCN(c3nc4ccccc4n3Cc3ccc(F)cc3)CC2)n1. The van der Waals surface area contributed by atoms with E-state index in [4.69, 9.17) is 14.5 Å². The maximum Gasteiger partial charge on any atom is 0.308 e. The Morgan fingerprint density at radius 2 is 1.49 bits per heavy atom. The number of hydrogen-bond donors (Lipinski definition) is 0. The first-order valence-electron chi connectivity index (χ1n) is 20.6. The highest BCUT2D eigenvalue weighted by Gasteiger charge is 2.27. The number of fused-ring (bicyclic) bond motifs is 1. The van der Waals surface area contributed by atoms with E-state index in [-0.39, 0.29) is 24.6 Å². The number of benzene rings is 2. The zero-order chi connectivity index (χ0) is 39.9. The molecule has 1 aliphatic rings. The van der Waals surface area contributed by atoms with Crippen molar-refractivity contribution in [2.75, 3.05) is 36.7 Å². The molecule has 302 valence electrons. The molecule has 1 saturated heterocycles. The lowest BCUT2D eigenvalue weighted by Crippen LogP contribution is -2.44. The fourth-order valence-electron chi connectivity index (χ4n) is 6.74. The second-order valence-electron chi connectivity index (χ2n) is 14.2. The van der Waals surface area contributed by atoms with Crippen LogP contribution in [0.2, 0.25) is 0 Å². The molecular formula is C47H59FN6O3. The van der Waals surface area contributed by atoms with Gasteiger partial charge in [0, 0.05) is 44.9 Å². The molecule has 0 atom stereocenters. The second kappa shape index (κ2) is 24.2. The highest BCUT2D eigenvalue weighted by Crippen LogP contribution is 2.28. The zero-order valence-corrected chi connectivity index (χ0v) is 33.7. The van der Waals surface area contributed by atoms with Crippen LogP contribution in [0.25, 0.3) is 11.0 Å². The van der Waals surface area contributed by atoms with Crippen molar-refractivity contribution in [1.82, 2.24) is 19.5 Å². The van der Waals surface area contributed by atoms with Crippen LogP contribution < -0.4 is 14.5 Å². The fourth-order valence-corrected chi connectivity index (χ4v) is 6.74. The average molecular weight is 775 g/mol. The van der Waals surface area contributed by atoms with Crippen LogP contribution in [-0.4, -0.2) is 58.5 Å². The largest absolute Gasteiger partial charge is 0.440 e. The van der Waals surface area contributed by atoms with Crippen LogP contribution in [0.3, 0.4) is 0 Å².